The molecule has 12 heteroatoms. The van der Waals surface area contributed by atoms with Crippen molar-refractivity contribution in [1.29, 1.82) is 0 Å². The maximum atomic E-state index is 10.1. The van der Waals surface area contributed by atoms with E-state index in [2.05, 4.69) is 20.0 Å². The standard InChI is InChI=1S/C14H18N4O8/c19-10-15-1-5-23-9-14(24-6-2-16-11-20,25-7-3-17-12-21)26-8-4-18-13-22/h1-9H2. The lowest BCUT2D eigenvalue weighted by atomic mass is 10.5. The lowest BCUT2D eigenvalue weighted by molar-refractivity contribution is -0.392. The number of rotatable bonds is 17. The van der Waals surface area contributed by atoms with Crippen LogP contribution >= 0.6 is 0 Å². The molecule has 0 aliphatic rings. The van der Waals surface area contributed by atoms with E-state index in [9.17, 15) is 19.2 Å². The van der Waals surface area contributed by atoms with Gasteiger partial charge in [0.05, 0.1) is 52.6 Å². The van der Waals surface area contributed by atoms with Gasteiger partial charge in [0.25, 0.3) is 0 Å². The Morgan fingerprint density at radius 3 is 1.27 bits per heavy atom. The molecular formula is C14H18N4O8. The Morgan fingerprint density at radius 2 is 0.923 bits per heavy atom. The van der Waals surface area contributed by atoms with Crippen molar-refractivity contribution in [1.82, 2.24) is 0 Å². The Labute approximate surface area is 148 Å². The van der Waals surface area contributed by atoms with Crippen LogP contribution in [0, 0.1) is 0 Å². The van der Waals surface area contributed by atoms with Crippen LogP contribution in [-0.4, -0.2) is 89.5 Å². The highest BCUT2D eigenvalue weighted by Gasteiger charge is 2.34. The van der Waals surface area contributed by atoms with Crippen molar-refractivity contribution in [2.45, 2.75) is 5.97 Å². The summed E-state index contributed by atoms with van der Waals surface area (Å²) < 4.78 is 21.7. The van der Waals surface area contributed by atoms with Crippen LogP contribution < -0.4 is 0 Å². The Kier molecular flexibility index (Phi) is 15.4. The van der Waals surface area contributed by atoms with Gasteiger partial charge in [-0.3, -0.25) is 0 Å². The molecule has 0 amide bonds. The molecule has 0 aromatic heterocycles. The molecule has 0 aliphatic heterocycles. The summed E-state index contributed by atoms with van der Waals surface area (Å²) in [6, 6.07) is 0. The molecule has 0 aromatic carbocycles. The molecule has 12 nitrogen and oxygen atoms in total. The third-order valence-corrected chi connectivity index (χ3v) is 2.46. The van der Waals surface area contributed by atoms with Crippen molar-refractivity contribution in [2.24, 2.45) is 20.0 Å². The topological polar surface area (TPSA) is 155 Å². The third-order valence-electron chi connectivity index (χ3n) is 2.46. The lowest BCUT2D eigenvalue weighted by Gasteiger charge is -2.32. The van der Waals surface area contributed by atoms with Gasteiger partial charge >= 0.3 is 5.97 Å². The summed E-state index contributed by atoms with van der Waals surface area (Å²) in [4.78, 5) is 53.7. The van der Waals surface area contributed by atoms with Gasteiger partial charge in [-0.15, -0.1) is 0 Å². The van der Waals surface area contributed by atoms with Gasteiger partial charge in [0.15, 0.2) is 0 Å². The maximum absolute atomic E-state index is 10.1. The molecule has 142 valence electrons. The summed E-state index contributed by atoms with van der Waals surface area (Å²) in [5, 5.41) is 0. The second-order valence-corrected chi connectivity index (χ2v) is 4.17. The van der Waals surface area contributed by atoms with E-state index in [0.717, 1.165) is 0 Å². The Bertz CT molecular complexity index is 514. The minimum absolute atomic E-state index is 0.00755. The lowest BCUT2D eigenvalue weighted by Crippen LogP contribution is -2.46. The van der Waals surface area contributed by atoms with Crippen LogP contribution in [0.5, 0.6) is 0 Å². The highest BCUT2D eigenvalue weighted by atomic mass is 16.9. The van der Waals surface area contributed by atoms with E-state index in [-0.39, 0.29) is 59.2 Å². The number of ether oxygens (including phenoxy) is 4. The summed E-state index contributed by atoms with van der Waals surface area (Å²) in [5.41, 5.74) is 0. The Hall–Kier alpha value is -2.64. The first-order valence-corrected chi connectivity index (χ1v) is 7.39. The minimum atomic E-state index is -1.74. The molecule has 0 spiro atoms. The second-order valence-electron chi connectivity index (χ2n) is 4.17. The molecule has 0 atom stereocenters. The minimum Gasteiger partial charge on any atom is -0.371 e. The summed E-state index contributed by atoms with van der Waals surface area (Å²) in [7, 11) is 0. The van der Waals surface area contributed by atoms with Crippen LogP contribution in [0.15, 0.2) is 20.0 Å². The first-order chi connectivity index (χ1) is 12.7. The average Bonchev–Trinajstić information content (AvgIpc) is 2.65. The zero-order chi connectivity index (χ0) is 19.3. The Morgan fingerprint density at radius 1 is 0.577 bits per heavy atom. The van der Waals surface area contributed by atoms with Crippen LogP contribution in [0.1, 0.15) is 0 Å². The van der Waals surface area contributed by atoms with E-state index >= 15 is 0 Å². The van der Waals surface area contributed by atoms with Crippen molar-refractivity contribution in [3.63, 3.8) is 0 Å². The van der Waals surface area contributed by atoms with Gasteiger partial charge in [0.2, 0.25) is 24.3 Å². The van der Waals surface area contributed by atoms with Gasteiger partial charge in [-0.1, -0.05) is 0 Å². The molecule has 0 rings (SSSR count). The Balaban J connectivity index is 4.92. The fourth-order valence-electron chi connectivity index (χ4n) is 1.48. The zero-order valence-electron chi connectivity index (χ0n) is 13.9. The van der Waals surface area contributed by atoms with Gasteiger partial charge in [0, 0.05) is 0 Å². The van der Waals surface area contributed by atoms with Crippen molar-refractivity contribution in [3.8, 4) is 0 Å². The smallest absolute Gasteiger partial charge is 0.308 e. The number of aliphatic imine (C=N–C) groups is 4. The summed E-state index contributed by atoms with van der Waals surface area (Å²) >= 11 is 0. The predicted octanol–water partition coefficient (Wildman–Crippen LogP) is -0.950. The van der Waals surface area contributed by atoms with Crippen molar-refractivity contribution >= 4 is 24.3 Å². The van der Waals surface area contributed by atoms with Crippen LogP contribution in [0.3, 0.4) is 0 Å². The molecule has 0 heterocycles. The molecule has 0 fully saturated rings. The number of isocyanates is 4. The maximum Gasteiger partial charge on any atom is 0.308 e. The highest BCUT2D eigenvalue weighted by Crippen LogP contribution is 2.17. The van der Waals surface area contributed by atoms with Crippen molar-refractivity contribution in [3.05, 3.63) is 0 Å². The molecular weight excluding hydrogens is 352 g/mol. The SMILES string of the molecule is O=C=NCCOCC(OCCN=C=O)(OCCN=C=O)OCCN=C=O. The van der Waals surface area contributed by atoms with Gasteiger partial charge in [-0.05, 0) is 0 Å². The summed E-state index contributed by atoms with van der Waals surface area (Å²) in [6.45, 7) is -0.359. The number of hydrogen-bond acceptors (Lipinski definition) is 12. The second kappa shape index (κ2) is 17.2. The molecule has 26 heavy (non-hydrogen) atoms. The molecule has 0 saturated heterocycles. The molecule has 0 unspecified atom stereocenters. The molecule has 0 aliphatic carbocycles. The van der Waals surface area contributed by atoms with Crippen molar-refractivity contribution in [2.75, 3.05) is 59.2 Å². The third kappa shape index (κ3) is 12.7. The zero-order valence-corrected chi connectivity index (χ0v) is 13.9. The highest BCUT2D eigenvalue weighted by molar-refractivity contribution is 5.33. The summed E-state index contributed by atoms with van der Waals surface area (Å²) in [6.07, 6.45) is 5.44. The van der Waals surface area contributed by atoms with Crippen LogP contribution in [-0.2, 0) is 38.1 Å². The normalized spacial score (nSPS) is 11.8. The molecule has 0 saturated carbocycles. The van der Waals surface area contributed by atoms with Crippen LogP contribution in [0.2, 0.25) is 0 Å². The number of hydrogen-bond donors (Lipinski definition) is 0. The van der Waals surface area contributed by atoms with E-state index < -0.39 is 5.97 Å². The monoisotopic (exact) mass is 370 g/mol. The number of carbonyl (C=O) groups excluding carboxylic acids is 4. The van der Waals surface area contributed by atoms with Crippen LogP contribution in [0.4, 0.5) is 0 Å². The number of nitrogens with zero attached hydrogens (tertiary/aromatic N) is 4. The quantitative estimate of drug-likeness (QED) is 0.137. The summed E-state index contributed by atoms with van der Waals surface area (Å²) in [5.74, 6) is -1.74. The fourth-order valence-corrected chi connectivity index (χ4v) is 1.48. The van der Waals surface area contributed by atoms with E-state index in [4.69, 9.17) is 18.9 Å². The largest absolute Gasteiger partial charge is 0.371 e. The van der Waals surface area contributed by atoms with E-state index in [1.54, 1.807) is 0 Å². The van der Waals surface area contributed by atoms with Crippen LogP contribution in [0.25, 0.3) is 0 Å². The van der Waals surface area contributed by atoms with Gasteiger partial charge < -0.3 is 18.9 Å². The van der Waals surface area contributed by atoms with Gasteiger partial charge in [-0.2, -0.15) is 0 Å². The molecule has 0 N–H and O–H groups in total. The first kappa shape index (κ1) is 23.4. The van der Waals surface area contributed by atoms with Gasteiger partial charge in [-0.25, -0.2) is 39.1 Å². The van der Waals surface area contributed by atoms with Gasteiger partial charge in [0.1, 0.15) is 6.61 Å². The fraction of sp³-hybridized carbons (Fsp3) is 0.714. The average molecular weight is 370 g/mol. The molecule has 0 aromatic rings. The van der Waals surface area contributed by atoms with Crippen molar-refractivity contribution < 1.29 is 38.1 Å². The molecule has 0 bridgehead atoms. The van der Waals surface area contributed by atoms with E-state index in [0.29, 0.717) is 0 Å². The van der Waals surface area contributed by atoms with E-state index in [1.165, 1.54) is 24.3 Å². The van der Waals surface area contributed by atoms with E-state index in [1.807, 2.05) is 0 Å². The first-order valence-electron chi connectivity index (χ1n) is 7.39. The predicted molar refractivity (Wildman–Crippen MR) is 83.4 cm³/mol. The molecule has 0 radical (unpaired) electrons.